The van der Waals surface area contributed by atoms with E-state index in [0.29, 0.717) is 17.4 Å². The third-order valence-corrected chi connectivity index (χ3v) is 2.48. The quantitative estimate of drug-likeness (QED) is 0.789. The fraction of sp³-hybridized carbons (Fsp3) is 0.0909. The Labute approximate surface area is 92.9 Å². The largest absolute Gasteiger partial charge is 0.383 e. The van der Waals surface area contributed by atoms with Crippen molar-refractivity contribution >= 4 is 17.4 Å². The van der Waals surface area contributed by atoms with Crippen molar-refractivity contribution in [3.8, 4) is 0 Å². The highest BCUT2D eigenvalue weighted by Crippen LogP contribution is 2.20. The van der Waals surface area contributed by atoms with Gasteiger partial charge in [-0.05, 0) is 5.56 Å². The molecule has 0 saturated heterocycles. The third-order valence-electron chi connectivity index (χ3n) is 2.15. The second kappa shape index (κ2) is 4.28. The lowest BCUT2D eigenvalue weighted by Gasteiger charge is -2.05. The Morgan fingerprint density at radius 3 is 2.53 bits per heavy atom. The van der Waals surface area contributed by atoms with E-state index in [1.807, 2.05) is 30.3 Å². The van der Waals surface area contributed by atoms with Crippen LogP contribution < -0.4 is 5.73 Å². The van der Waals surface area contributed by atoms with E-state index in [-0.39, 0.29) is 0 Å². The van der Waals surface area contributed by atoms with E-state index in [2.05, 4.69) is 9.97 Å². The molecule has 3 nitrogen and oxygen atoms in total. The lowest BCUT2D eigenvalue weighted by atomic mass is 10.1. The highest BCUT2D eigenvalue weighted by Gasteiger charge is 2.07. The molecule has 0 saturated carbocycles. The molecule has 4 heteroatoms. The molecular weight excluding hydrogens is 210 g/mol. The molecule has 0 aliphatic rings. The van der Waals surface area contributed by atoms with Crippen molar-refractivity contribution in [3.63, 3.8) is 0 Å². The zero-order chi connectivity index (χ0) is 10.7. The van der Waals surface area contributed by atoms with Gasteiger partial charge in [-0.2, -0.15) is 0 Å². The van der Waals surface area contributed by atoms with Gasteiger partial charge in [0.1, 0.15) is 17.3 Å². The lowest BCUT2D eigenvalue weighted by molar-refractivity contribution is 1.08. The van der Waals surface area contributed by atoms with Crippen LogP contribution in [0.15, 0.2) is 36.7 Å². The molecule has 2 rings (SSSR count). The minimum atomic E-state index is 0.423. The number of rotatable bonds is 2. The number of nitrogen functional groups attached to an aromatic ring is 1. The molecule has 0 aliphatic heterocycles. The Morgan fingerprint density at radius 1 is 1.13 bits per heavy atom. The van der Waals surface area contributed by atoms with Crippen molar-refractivity contribution in [2.45, 2.75) is 6.42 Å². The van der Waals surface area contributed by atoms with Gasteiger partial charge in [0, 0.05) is 12.0 Å². The van der Waals surface area contributed by atoms with E-state index < -0.39 is 0 Å². The summed E-state index contributed by atoms with van der Waals surface area (Å²) in [5, 5.41) is 0.423. The first-order valence-corrected chi connectivity index (χ1v) is 4.94. The number of nitrogens with two attached hydrogens (primary N) is 1. The maximum atomic E-state index is 5.95. The number of benzene rings is 1. The smallest absolute Gasteiger partial charge is 0.138 e. The Hall–Kier alpha value is -1.61. The van der Waals surface area contributed by atoms with Crippen LogP contribution in [0.2, 0.25) is 5.15 Å². The summed E-state index contributed by atoms with van der Waals surface area (Å²) >= 11 is 5.95. The topological polar surface area (TPSA) is 51.8 Å². The summed E-state index contributed by atoms with van der Waals surface area (Å²) in [4.78, 5) is 7.83. The summed E-state index contributed by atoms with van der Waals surface area (Å²) in [7, 11) is 0. The summed E-state index contributed by atoms with van der Waals surface area (Å²) < 4.78 is 0. The molecule has 0 aliphatic carbocycles. The van der Waals surface area contributed by atoms with E-state index in [1.165, 1.54) is 6.33 Å². The minimum Gasteiger partial charge on any atom is -0.383 e. The average Bonchev–Trinajstić information content (AvgIpc) is 2.25. The summed E-state index contributed by atoms with van der Waals surface area (Å²) in [6.07, 6.45) is 2.03. The molecule has 1 aromatic carbocycles. The second-order valence-electron chi connectivity index (χ2n) is 3.19. The number of halogens is 1. The average molecular weight is 220 g/mol. The predicted molar refractivity (Wildman–Crippen MR) is 60.7 cm³/mol. The maximum absolute atomic E-state index is 5.95. The van der Waals surface area contributed by atoms with Gasteiger partial charge in [0.05, 0.1) is 0 Å². The van der Waals surface area contributed by atoms with Crippen LogP contribution in [0.4, 0.5) is 5.82 Å². The summed E-state index contributed by atoms with van der Waals surface area (Å²) in [5.41, 5.74) is 7.66. The van der Waals surface area contributed by atoms with Crippen LogP contribution in [-0.2, 0) is 6.42 Å². The molecule has 2 aromatic rings. The molecule has 1 heterocycles. The molecule has 15 heavy (non-hydrogen) atoms. The Balaban J connectivity index is 2.32. The molecule has 0 unspecified atom stereocenters. The zero-order valence-electron chi connectivity index (χ0n) is 8.02. The van der Waals surface area contributed by atoms with E-state index in [1.54, 1.807) is 0 Å². The fourth-order valence-electron chi connectivity index (χ4n) is 1.37. The van der Waals surface area contributed by atoms with Crippen LogP contribution in [0.3, 0.4) is 0 Å². The molecule has 0 spiro atoms. The van der Waals surface area contributed by atoms with Gasteiger partial charge in [0.25, 0.3) is 0 Å². The van der Waals surface area contributed by atoms with Crippen molar-refractivity contribution in [1.82, 2.24) is 9.97 Å². The number of nitrogens with zero attached hydrogens (tertiary/aromatic N) is 2. The van der Waals surface area contributed by atoms with E-state index in [9.17, 15) is 0 Å². The van der Waals surface area contributed by atoms with Crippen LogP contribution >= 0.6 is 11.6 Å². The van der Waals surface area contributed by atoms with Crippen molar-refractivity contribution in [3.05, 3.63) is 52.9 Å². The van der Waals surface area contributed by atoms with E-state index >= 15 is 0 Å². The molecular formula is C11H10ClN3. The van der Waals surface area contributed by atoms with Crippen molar-refractivity contribution in [2.75, 3.05) is 5.73 Å². The highest BCUT2D eigenvalue weighted by molar-refractivity contribution is 6.30. The number of hydrogen-bond acceptors (Lipinski definition) is 3. The van der Waals surface area contributed by atoms with Crippen molar-refractivity contribution in [2.24, 2.45) is 0 Å². The van der Waals surface area contributed by atoms with Gasteiger partial charge >= 0.3 is 0 Å². The first-order valence-electron chi connectivity index (χ1n) is 4.56. The molecule has 76 valence electrons. The number of aromatic nitrogens is 2. The van der Waals surface area contributed by atoms with Crippen molar-refractivity contribution in [1.29, 1.82) is 0 Å². The minimum absolute atomic E-state index is 0.423. The van der Waals surface area contributed by atoms with Crippen molar-refractivity contribution < 1.29 is 0 Å². The summed E-state index contributed by atoms with van der Waals surface area (Å²) in [6, 6.07) is 9.95. The molecule has 2 N–H and O–H groups in total. The standard InChI is InChI=1S/C11H10ClN3/c12-10-9(11(13)15-7-14-10)6-8-4-2-1-3-5-8/h1-5,7H,6H2,(H2,13,14,15). The Kier molecular flexibility index (Phi) is 2.83. The molecule has 0 bridgehead atoms. The summed E-state index contributed by atoms with van der Waals surface area (Å²) in [5.74, 6) is 0.443. The van der Waals surface area contributed by atoms with E-state index in [0.717, 1.165) is 11.1 Å². The molecule has 0 fully saturated rings. The van der Waals surface area contributed by atoms with Crippen LogP contribution in [0.25, 0.3) is 0 Å². The first-order chi connectivity index (χ1) is 7.27. The van der Waals surface area contributed by atoms with Crippen LogP contribution in [-0.4, -0.2) is 9.97 Å². The Bertz CT molecular complexity index is 436. The zero-order valence-corrected chi connectivity index (χ0v) is 8.78. The second-order valence-corrected chi connectivity index (χ2v) is 3.55. The van der Waals surface area contributed by atoms with Gasteiger partial charge in [0.15, 0.2) is 0 Å². The van der Waals surface area contributed by atoms with Gasteiger partial charge in [-0.3, -0.25) is 0 Å². The molecule has 0 amide bonds. The fourth-order valence-corrected chi connectivity index (χ4v) is 1.57. The maximum Gasteiger partial charge on any atom is 0.138 e. The highest BCUT2D eigenvalue weighted by atomic mass is 35.5. The first kappa shape index (κ1) is 9.93. The van der Waals surface area contributed by atoms with Gasteiger partial charge < -0.3 is 5.73 Å². The van der Waals surface area contributed by atoms with Crippen LogP contribution in [0, 0.1) is 0 Å². The SMILES string of the molecule is Nc1ncnc(Cl)c1Cc1ccccc1. The predicted octanol–water partition coefficient (Wildman–Crippen LogP) is 2.30. The van der Waals surface area contributed by atoms with Crippen LogP contribution in [0.5, 0.6) is 0 Å². The molecule has 1 aromatic heterocycles. The van der Waals surface area contributed by atoms with Gasteiger partial charge in [-0.15, -0.1) is 0 Å². The van der Waals surface area contributed by atoms with Gasteiger partial charge in [-0.25, -0.2) is 9.97 Å². The van der Waals surface area contributed by atoms with Gasteiger partial charge in [0.2, 0.25) is 0 Å². The number of hydrogen-bond donors (Lipinski definition) is 1. The molecule has 0 radical (unpaired) electrons. The normalized spacial score (nSPS) is 10.2. The number of anilines is 1. The van der Waals surface area contributed by atoms with E-state index in [4.69, 9.17) is 17.3 Å². The van der Waals surface area contributed by atoms with Crippen LogP contribution in [0.1, 0.15) is 11.1 Å². The third kappa shape index (κ3) is 2.25. The summed E-state index contributed by atoms with van der Waals surface area (Å²) in [6.45, 7) is 0. The lowest BCUT2D eigenvalue weighted by Crippen LogP contribution is -2.01. The monoisotopic (exact) mass is 219 g/mol. The van der Waals surface area contributed by atoms with Gasteiger partial charge in [-0.1, -0.05) is 41.9 Å². The molecule has 0 atom stereocenters. The Morgan fingerprint density at radius 2 is 1.87 bits per heavy atom.